The number of ether oxygens (including phenoxy) is 2. The normalized spacial score (nSPS) is 9.89. The van der Waals surface area contributed by atoms with Crippen LogP contribution in [0.25, 0.3) is 0 Å². The van der Waals surface area contributed by atoms with Crippen molar-refractivity contribution in [3.63, 3.8) is 0 Å². The Balaban J connectivity index is 0.00000324. The summed E-state index contributed by atoms with van der Waals surface area (Å²) in [6.45, 7) is 7.65. The van der Waals surface area contributed by atoms with E-state index in [1.807, 2.05) is 6.07 Å². The Morgan fingerprint density at radius 2 is 1.84 bits per heavy atom. The third-order valence-electron chi connectivity index (χ3n) is 2.85. The number of nitrogens with zero attached hydrogens (tertiary/aromatic N) is 1. The van der Waals surface area contributed by atoms with Crippen molar-refractivity contribution in [2.75, 3.05) is 33.4 Å². The van der Waals surface area contributed by atoms with Crippen LogP contribution in [0.5, 0.6) is 5.75 Å². The lowest BCUT2D eigenvalue weighted by Crippen LogP contribution is -2.28. The minimum Gasteiger partial charge on any atom is -0.491 e. The van der Waals surface area contributed by atoms with Crippen LogP contribution in [0.15, 0.2) is 24.3 Å². The number of halogens is 1. The fraction of sp³-hybridized carbons (Fsp3) is 0.500. The highest BCUT2D eigenvalue weighted by Gasteiger charge is 2.12. The molecule has 0 saturated carbocycles. The molecule has 0 aliphatic heterocycles. The number of hydrogen-bond donors (Lipinski definition) is 0. The number of carbonyl (C=O) groups excluding carboxylic acids is 1. The molecule has 0 amide bonds. The molecule has 4 nitrogen and oxygen atoms in total. The first-order valence-corrected chi connectivity index (χ1v) is 6.25. The number of carbonyl (C=O) groups is 1. The van der Waals surface area contributed by atoms with Crippen molar-refractivity contribution in [2.45, 2.75) is 13.8 Å². The smallest absolute Gasteiger partial charge is 0.341 e. The van der Waals surface area contributed by atoms with Gasteiger partial charge in [-0.05, 0) is 25.2 Å². The molecule has 5 heteroatoms. The zero-order chi connectivity index (χ0) is 13.4. The standard InChI is InChI=1S/C14H21NO3.ClH/c1-4-15(5-2)10-11-18-13-9-7-6-8-12(13)14(16)17-3;/h6-9H,4-5,10-11H2,1-3H3;1H. The van der Waals surface area contributed by atoms with E-state index < -0.39 is 0 Å². The van der Waals surface area contributed by atoms with Crippen molar-refractivity contribution in [2.24, 2.45) is 0 Å². The third kappa shape index (κ3) is 5.49. The Bertz CT molecular complexity index is 381. The maximum absolute atomic E-state index is 11.5. The van der Waals surface area contributed by atoms with Crippen molar-refractivity contribution < 1.29 is 14.3 Å². The van der Waals surface area contributed by atoms with Crippen molar-refractivity contribution in [3.8, 4) is 5.75 Å². The number of likely N-dealkylation sites (N-methyl/N-ethyl adjacent to an activating group) is 1. The molecule has 0 N–H and O–H groups in total. The Morgan fingerprint density at radius 1 is 1.21 bits per heavy atom. The van der Waals surface area contributed by atoms with Crippen molar-refractivity contribution in [1.82, 2.24) is 4.90 Å². The summed E-state index contributed by atoms with van der Waals surface area (Å²) < 4.78 is 10.4. The first-order valence-electron chi connectivity index (χ1n) is 6.25. The van der Waals surface area contributed by atoms with Gasteiger partial charge < -0.3 is 14.4 Å². The molecule has 19 heavy (non-hydrogen) atoms. The van der Waals surface area contributed by atoms with Gasteiger partial charge in [-0.1, -0.05) is 26.0 Å². The fourth-order valence-corrected chi connectivity index (χ4v) is 1.70. The molecule has 0 aliphatic carbocycles. The van der Waals surface area contributed by atoms with Crippen LogP contribution in [0, 0.1) is 0 Å². The highest BCUT2D eigenvalue weighted by Crippen LogP contribution is 2.18. The number of esters is 1. The van der Waals surface area contributed by atoms with Crippen LogP contribution in [0.4, 0.5) is 0 Å². The second-order valence-corrected chi connectivity index (χ2v) is 3.86. The lowest BCUT2D eigenvalue weighted by molar-refractivity contribution is 0.0595. The number of methoxy groups -OCH3 is 1. The monoisotopic (exact) mass is 287 g/mol. The molecule has 0 atom stereocenters. The van der Waals surface area contributed by atoms with Gasteiger partial charge in [0.2, 0.25) is 0 Å². The molecule has 0 aliphatic rings. The average Bonchev–Trinajstić information content (AvgIpc) is 2.43. The quantitative estimate of drug-likeness (QED) is 0.723. The summed E-state index contributed by atoms with van der Waals surface area (Å²) in [5.74, 6) is 0.213. The second kappa shape index (κ2) is 9.64. The molecule has 1 rings (SSSR count). The minimum atomic E-state index is -0.367. The third-order valence-corrected chi connectivity index (χ3v) is 2.85. The van der Waals surface area contributed by atoms with Gasteiger partial charge in [0.1, 0.15) is 17.9 Å². The Kier molecular flexibility index (Phi) is 9.00. The average molecular weight is 288 g/mol. The van der Waals surface area contributed by atoms with E-state index in [-0.39, 0.29) is 18.4 Å². The fourth-order valence-electron chi connectivity index (χ4n) is 1.70. The molecule has 108 valence electrons. The highest BCUT2D eigenvalue weighted by atomic mass is 35.5. The zero-order valence-electron chi connectivity index (χ0n) is 11.7. The van der Waals surface area contributed by atoms with E-state index in [4.69, 9.17) is 9.47 Å². The first-order chi connectivity index (χ1) is 8.72. The molecule has 0 fully saturated rings. The van der Waals surface area contributed by atoms with Crippen LogP contribution >= 0.6 is 12.4 Å². The number of benzene rings is 1. The first kappa shape index (κ1) is 17.7. The number of hydrogen-bond acceptors (Lipinski definition) is 4. The molecule has 0 unspecified atom stereocenters. The van der Waals surface area contributed by atoms with E-state index in [1.165, 1.54) is 7.11 Å². The van der Waals surface area contributed by atoms with Gasteiger partial charge in [-0.2, -0.15) is 0 Å². The molecule has 1 aromatic carbocycles. The topological polar surface area (TPSA) is 38.8 Å². The van der Waals surface area contributed by atoms with E-state index in [9.17, 15) is 4.79 Å². The summed E-state index contributed by atoms with van der Waals surface area (Å²) in [5, 5.41) is 0. The number of para-hydroxylation sites is 1. The van der Waals surface area contributed by atoms with Gasteiger partial charge in [-0.3, -0.25) is 0 Å². The molecule has 0 bridgehead atoms. The van der Waals surface area contributed by atoms with Crippen molar-refractivity contribution in [1.29, 1.82) is 0 Å². The van der Waals surface area contributed by atoms with E-state index in [2.05, 4.69) is 18.7 Å². The Labute approximate surface area is 121 Å². The molecule has 0 saturated heterocycles. The predicted molar refractivity (Wildman–Crippen MR) is 78.3 cm³/mol. The number of rotatable bonds is 7. The van der Waals surface area contributed by atoms with Gasteiger partial charge in [0, 0.05) is 6.54 Å². The van der Waals surface area contributed by atoms with Crippen LogP contribution in [0.3, 0.4) is 0 Å². The minimum absolute atomic E-state index is 0. The zero-order valence-corrected chi connectivity index (χ0v) is 12.5. The predicted octanol–water partition coefficient (Wildman–Crippen LogP) is 2.62. The summed E-state index contributed by atoms with van der Waals surface area (Å²) in [7, 11) is 1.37. The highest BCUT2D eigenvalue weighted by molar-refractivity contribution is 5.92. The van der Waals surface area contributed by atoms with Gasteiger partial charge in [0.15, 0.2) is 0 Å². The van der Waals surface area contributed by atoms with E-state index in [0.717, 1.165) is 19.6 Å². The van der Waals surface area contributed by atoms with Gasteiger partial charge in [-0.25, -0.2) is 4.79 Å². The molecule has 1 aromatic rings. The summed E-state index contributed by atoms with van der Waals surface area (Å²) in [5.41, 5.74) is 0.472. The van der Waals surface area contributed by atoms with Gasteiger partial charge in [0.05, 0.1) is 7.11 Å². The van der Waals surface area contributed by atoms with E-state index in [1.54, 1.807) is 18.2 Å². The van der Waals surface area contributed by atoms with Crippen LogP contribution in [-0.4, -0.2) is 44.2 Å². The summed E-state index contributed by atoms with van der Waals surface area (Å²) >= 11 is 0. The van der Waals surface area contributed by atoms with Crippen molar-refractivity contribution in [3.05, 3.63) is 29.8 Å². The van der Waals surface area contributed by atoms with E-state index in [0.29, 0.717) is 17.9 Å². The van der Waals surface area contributed by atoms with Gasteiger partial charge in [0.25, 0.3) is 0 Å². The molecule has 0 spiro atoms. The van der Waals surface area contributed by atoms with Crippen LogP contribution in [0.2, 0.25) is 0 Å². The maximum atomic E-state index is 11.5. The Morgan fingerprint density at radius 3 is 2.42 bits per heavy atom. The van der Waals surface area contributed by atoms with Gasteiger partial charge in [-0.15, -0.1) is 12.4 Å². The lowest BCUT2D eigenvalue weighted by Gasteiger charge is -2.18. The van der Waals surface area contributed by atoms with Crippen LogP contribution < -0.4 is 4.74 Å². The lowest BCUT2D eigenvalue weighted by atomic mass is 10.2. The molecule has 0 radical (unpaired) electrons. The van der Waals surface area contributed by atoms with Crippen LogP contribution in [-0.2, 0) is 4.74 Å². The molecule has 0 heterocycles. The Hall–Kier alpha value is -1.26. The second-order valence-electron chi connectivity index (χ2n) is 3.86. The summed E-state index contributed by atoms with van der Waals surface area (Å²) in [4.78, 5) is 13.8. The maximum Gasteiger partial charge on any atom is 0.341 e. The molecular formula is C14H22ClNO3. The van der Waals surface area contributed by atoms with Crippen molar-refractivity contribution >= 4 is 18.4 Å². The SMILES string of the molecule is CCN(CC)CCOc1ccccc1C(=O)OC.Cl. The molecular weight excluding hydrogens is 266 g/mol. The summed E-state index contributed by atoms with van der Waals surface area (Å²) in [6.07, 6.45) is 0. The molecule has 0 aromatic heterocycles. The summed E-state index contributed by atoms with van der Waals surface area (Å²) in [6, 6.07) is 7.13. The largest absolute Gasteiger partial charge is 0.491 e. The van der Waals surface area contributed by atoms with Gasteiger partial charge >= 0.3 is 5.97 Å². The van der Waals surface area contributed by atoms with E-state index >= 15 is 0 Å². The van der Waals surface area contributed by atoms with Crippen LogP contribution in [0.1, 0.15) is 24.2 Å².